The van der Waals surface area contributed by atoms with Crippen LogP contribution in [0.1, 0.15) is 50.5 Å². The fourth-order valence-corrected chi connectivity index (χ4v) is 5.03. The molecule has 2 N–H and O–H groups in total. The summed E-state index contributed by atoms with van der Waals surface area (Å²) in [6.45, 7) is 2.77. The van der Waals surface area contributed by atoms with Gasteiger partial charge in [0.1, 0.15) is 6.61 Å². The molecule has 4 rings (SSSR count). The molecule has 28 heavy (non-hydrogen) atoms. The fourth-order valence-electron chi connectivity index (χ4n) is 5.03. The second-order valence-electron chi connectivity index (χ2n) is 8.56. The number of ether oxygens (including phenoxy) is 2. The van der Waals surface area contributed by atoms with Crippen molar-refractivity contribution in [3.8, 4) is 0 Å². The van der Waals surface area contributed by atoms with E-state index in [-0.39, 0.29) is 18.2 Å². The summed E-state index contributed by atoms with van der Waals surface area (Å²) < 4.78 is 11.0. The van der Waals surface area contributed by atoms with Crippen molar-refractivity contribution in [3.05, 3.63) is 35.9 Å². The van der Waals surface area contributed by atoms with Gasteiger partial charge in [0.15, 0.2) is 0 Å². The number of nitrogens with zero attached hydrogens (tertiary/aromatic N) is 1. The van der Waals surface area contributed by atoms with Crippen LogP contribution in [0.4, 0.5) is 4.79 Å². The first-order valence-electron chi connectivity index (χ1n) is 10.7. The molecule has 1 aromatic rings. The van der Waals surface area contributed by atoms with Gasteiger partial charge in [-0.25, -0.2) is 4.79 Å². The second-order valence-corrected chi connectivity index (χ2v) is 8.56. The maximum atomic E-state index is 12.7. The number of carbonyl (C=O) groups excluding carboxylic acids is 1. The molecule has 3 saturated heterocycles. The van der Waals surface area contributed by atoms with E-state index < -0.39 is 5.60 Å². The Hall–Kier alpha value is -1.63. The topological polar surface area (TPSA) is 71.0 Å². The quantitative estimate of drug-likeness (QED) is 0.784. The summed E-state index contributed by atoms with van der Waals surface area (Å²) in [5.41, 5.74) is 0.316. The molecule has 0 saturated carbocycles. The molecule has 6 nitrogen and oxygen atoms in total. The second kappa shape index (κ2) is 8.80. The Morgan fingerprint density at radius 3 is 2.50 bits per heavy atom. The third-order valence-corrected chi connectivity index (χ3v) is 6.51. The van der Waals surface area contributed by atoms with E-state index in [4.69, 9.17) is 9.47 Å². The lowest BCUT2D eigenvalue weighted by Crippen LogP contribution is -2.54. The van der Waals surface area contributed by atoms with Crippen LogP contribution in [0.25, 0.3) is 0 Å². The van der Waals surface area contributed by atoms with E-state index in [0.29, 0.717) is 25.5 Å². The number of aliphatic hydroxyl groups is 1. The van der Waals surface area contributed by atoms with E-state index in [0.717, 1.165) is 57.4 Å². The van der Waals surface area contributed by atoms with Gasteiger partial charge in [-0.3, -0.25) is 0 Å². The lowest BCUT2D eigenvalue weighted by atomic mass is 9.83. The highest BCUT2D eigenvalue weighted by Crippen LogP contribution is 2.42. The average molecular weight is 389 g/mol. The van der Waals surface area contributed by atoms with Crippen LogP contribution in [0.15, 0.2) is 30.3 Å². The van der Waals surface area contributed by atoms with Crippen LogP contribution < -0.4 is 5.32 Å². The Morgan fingerprint density at radius 1 is 1.14 bits per heavy atom. The number of hydrogen-bond donors (Lipinski definition) is 2. The van der Waals surface area contributed by atoms with Gasteiger partial charge in [0, 0.05) is 31.3 Å². The molecule has 3 fully saturated rings. The number of hydrogen-bond acceptors (Lipinski definition) is 5. The summed E-state index contributed by atoms with van der Waals surface area (Å²) in [7, 11) is 0. The predicted molar refractivity (Wildman–Crippen MR) is 106 cm³/mol. The van der Waals surface area contributed by atoms with Gasteiger partial charge in [-0.05, 0) is 57.1 Å². The van der Waals surface area contributed by atoms with Crippen molar-refractivity contribution in [3.63, 3.8) is 0 Å². The summed E-state index contributed by atoms with van der Waals surface area (Å²) in [6.07, 6.45) is 5.82. The molecule has 3 heterocycles. The molecule has 6 heteroatoms. The largest absolute Gasteiger partial charge is 0.445 e. The number of nitrogens with one attached hydrogen (secondary N) is 1. The first-order valence-corrected chi connectivity index (χ1v) is 10.7. The third-order valence-electron chi connectivity index (χ3n) is 6.51. The van der Waals surface area contributed by atoms with Gasteiger partial charge >= 0.3 is 6.09 Å². The molecule has 0 aliphatic carbocycles. The number of rotatable bonds is 6. The molecule has 1 amide bonds. The van der Waals surface area contributed by atoms with E-state index in [1.165, 1.54) is 0 Å². The number of piperidine rings is 1. The lowest BCUT2D eigenvalue weighted by Gasteiger charge is -2.43. The molecule has 3 aliphatic heterocycles. The first kappa shape index (κ1) is 19.7. The van der Waals surface area contributed by atoms with E-state index >= 15 is 0 Å². The normalized spacial score (nSPS) is 30.4. The van der Waals surface area contributed by atoms with Crippen LogP contribution in [0, 0.1) is 0 Å². The van der Waals surface area contributed by atoms with Crippen LogP contribution in [0.5, 0.6) is 0 Å². The molecule has 0 spiro atoms. The maximum absolute atomic E-state index is 12.7. The minimum absolute atomic E-state index is 0.0927. The number of amides is 1. The first-order chi connectivity index (χ1) is 13.6. The molecular formula is C22H32N2O4. The van der Waals surface area contributed by atoms with E-state index in [1.807, 2.05) is 35.2 Å². The zero-order chi connectivity index (χ0) is 19.4. The Bertz CT molecular complexity index is 633. The fraction of sp³-hybridized carbons (Fsp3) is 0.682. The van der Waals surface area contributed by atoms with Gasteiger partial charge < -0.3 is 24.8 Å². The number of benzene rings is 1. The average Bonchev–Trinajstić information content (AvgIpc) is 3.00. The van der Waals surface area contributed by atoms with Crippen molar-refractivity contribution < 1.29 is 19.4 Å². The highest BCUT2D eigenvalue weighted by atomic mass is 16.6. The Labute approximate surface area is 167 Å². The summed E-state index contributed by atoms with van der Waals surface area (Å²) in [5.74, 6) is 0. The summed E-state index contributed by atoms with van der Waals surface area (Å²) in [6, 6.07) is 10.5. The van der Waals surface area contributed by atoms with Gasteiger partial charge in [-0.2, -0.15) is 0 Å². The van der Waals surface area contributed by atoms with Gasteiger partial charge in [-0.15, -0.1) is 0 Å². The summed E-state index contributed by atoms with van der Waals surface area (Å²) in [5, 5.41) is 14.7. The Balaban J connectivity index is 1.26. The van der Waals surface area contributed by atoms with E-state index in [9.17, 15) is 9.90 Å². The zero-order valence-electron chi connectivity index (χ0n) is 16.5. The molecule has 2 unspecified atom stereocenters. The predicted octanol–water partition coefficient (Wildman–Crippen LogP) is 2.84. The van der Waals surface area contributed by atoms with Crippen LogP contribution in [0.2, 0.25) is 0 Å². The Morgan fingerprint density at radius 2 is 1.82 bits per heavy atom. The van der Waals surface area contributed by atoms with Gasteiger partial charge in [0.25, 0.3) is 0 Å². The van der Waals surface area contributed by atoms with Crippen molar-refractivity contribution in [2.75, 3.05) is 19.8 Å². The minimum Gasteiger partial charge on any atom is -0.445 e. The van der Waals surface area contributed by atoms with Gasteiger partial charge in [-0.1, -0.05) is 30.3 Å². The highest BCUT2D eigenvalue weighted by molar-refractivity contribution is 5.69. The van der Waals surface area contributed by atoms with Crippen molar-refractivity contribution in [2.24, 2.45) is 0 Å². The van der Waals surface area contributed by atoms with Crippen LogP contribution in [-0.4, -0.2) is 59.6 Å². The summed E-state index contributed by atoms with van der Waals surface area (Å²) in [4.78, 5) is 14.6. The molecule has 1 aromatic carbocycles. The van der Waals surface area contributed by atoms with E-state index in [2.05, 4.69) is 5.32 Å². The van der Waals surface area contributed by atoms with Gasteiger partial charge in [0.05, 0.1) is 5.60 Å². The Kier molecular flexibility index (Phi) is 6.19. The smallest absolute Gasteiger partial charge is 0.410 e. The molecule has 2 atom stereocenters. The van der Waals surface area contributed by atoms with Gasteiger partial charge in [0.2, 0.25) is 0 Å². The molecular weight excluding hydrogens is 356 g/mol. The minimum atomic E-state index is -0.680. The SMILES string of the molecule is O=C(OCc1ccccc1)N1C2CCC1CC(O)(CCNC1CCOCC1)C2. The van der Waals surface area contributed by atoms with Crippen LogP contribution >= 0.6 is 0 Å². The van der Waals surface area contributed by atoms with Crippen molar-refractivity contribution in [2.45, 2.75) is 75.3 Å². The standard InChI is InChI=1S/C22H32N2O4/c25-21(28-16-17-4-2-1-3-5-17)24-19-6-7-20(24)15-22(26,14-19)10-11-23-18-8-12-27-13-9-18/h1-5,18-20,23,26H,6-16H2. The van der Waals surface area contributed by atoms with Crippen LogP contribution in [0.3, 0.4) is 0 Å². The van der Waals surface area contributed by atoms with E-state index in [1.54, 1.807) is 0 Å². The zero-order valence-corrected chi connectivity index (χ0v) is 16.5. The molecule has 0 aromatic heterocycles. The van der Waals surface area contributed by atoms with Crippen LogP contribution in [-0.2, 0) is 16.1 Å². The van der Waals surface area contributed by atoms with Crippen molar-refractivity contribution >= 4 is 6.09 Å². The molecule has 154 valence electrons. The molecule has 2 bridgehead atoms. The highest BCUT2D eigenvalue weighted by Gasteiger charge is 2.49. The lowest BCUT2D eigenvalue weighted by molar-refractivity contribution is -0.0542. The van der Waals surface area contributed by atoms with Crippen molar-refractivity contribution in [1.82, 2.24) is 10.2 Å². The van der Waals surface area contributed by atoms with Crippen molar-refractivity contribution in [1.29, 1.82) is 0 Å². The maximum Gasteiger partial charge on any atom is 0.410 e. The number of carbonyl (C=O) groups is 1. The molecule has 0 radical (unpaired) electrons. The monoisotopic (exact) mass is 388 g/mol. The molecule has 3 aliphatic rings. The number of fused-ring (bicyclic) bond motifs is 2. The summed E-state index contributed by atoms with van der Waals surface area (Å²) >= 11 is 0. The third kappa shape index (κ3) is 4.67.